The Bertz CT molecular complexity index is 583. The van der Waals surface area contributed by atoms with Gasteiger partial charge in [-0.05, 0) is 31.4 Å². The molecule has 0 saturated heterocycles. The van der Waals surface area contributed by atoms with Crippen LogP contribution in [0.1, 0.15) is 70.3 Å². The molecule has 0 aromatic heterocycles. The highest BCUT2D eigenvalue weighted by molar-refractivity contribution is 7.85. The van der Waals surface area contributed by atoms with E-state index in [1.807, 2.05) is 0 Å². The summed E-state index contributed by atoms with van der Waals surface area (Å²) in [6.07, 6.45) is 4.64. The number of aliphatic hydroxyl groups is 2. The third-order valence-electron chi connectivity index (χ3n) is 4.26. The summed E-state index contributed by atoms with van der Waals surface area (Å²) in [5, 5.41) is 20.3. The minimum atomic E-state index is -4.37. The minimum absolute atomic E-state index is 0.194. The molecule has 0 aliphatic rings. The molecule has 0 spiro atoms. The average molecular weight is 359 g/mol. The zero-order chi connectivity index (χ0) is 18.2. The summed E-state index contributed by atoms with van der Waals surface area (Å²) in [6.45, 7) is 3.75. The van der Waals surface area contributed by atoms with Crippen LogP contribution in [0.3, 0.4) is 0 Å². The highest BCUT2D eigenvalue weighted by Crippen LogP contribution is 2.32. The fraction of sp³-hybridized carbons (Fsp3) is 0.667. The van der Waals surface area contributed by atoms with E-state index in [1.165, 1.54) is 18.6 Å². The first-order valence-corrected chi connectivity index (χ1v) is 10.1. The predicted octanol–water partition coefficient (Wildman–Crippen LogP) is 3.51. The van der Waals surface area contributed by atoms with Gasteiger partial charge in [-0.15, -0.1) is 0 Å². The van der Waals surface area contributed by atoms with Crippen LogP contribution >= 0.6 is 0 Å². The predicted molar refractivity (Wildman–Crippen MR) is 94.7 cm³/mol. The van der Waals surface area contributed by atoms with E-state index in [9.17, 15) is 23.2 Å². The maximum absolute atomic E-state index is 11.6. The molecular formula is C18H30O5S. The summed E-state index contributed by atoms with van der Waals surface area (Å²) < 4.78 is 32.7. The molecule has 1 rings (SSSR count). The van der Waals surface area contributed by atoms with Crippen molar-refractivity contribution in [1.82, 2.24) is 0 Å². The Morgan fingerprint density at radius 1 is 1.04 bits per heavy atom. The Morgan fingerprint density at radius 2 is 1.67 bits per heavy atom. The van der Waals surface area contributed by atoms with Gasteiger partial charge in [-0.25, -0.2) is 0 Å². The summed E-state index contributed by atoms with van der Waals surface area (Å²) in [5.41, 5.74) is 0.363. The average Bonchev–Trinajstić information content (AvgIpc) is 2.51. The van der Waals surface area contributed by atoms with E-state index in [1.54, 1.807) is 19.1 Å². The van der Waals surface area contributed by atoms with Crippen LogP contribution in [-0.2, 0) is 10.1 Å². The summed E-state index contributed by atoms with van der Waals surface area (Å²) in [4.78, 5) is -0.194. The molecule has 0 amide bonds. The number of rotatable bonds is 11. The molecule has 0 fully saturated rings. The lowest BCUT2D eigenvalue weighted by Gasteiger charge is -2.26. The van der Waals surface area contributed by atoms with Gasteiger partial charge >= 0.3 is 0 Å². The van der Waals surface area contributed by atoms with Crippen LogP contribution in [-0.4, -0.2) is 35.4 Å². The molecule has 138 valence electrons. The summed E-state index contributed by atoms with van der Waals surface area (Å²) in [7, 11) is -4.37. The molecule has 1 aromatic rings. The van der Waals surface area contributed by atoms with Gasteiger partial charge in [-0.2, -0.15) is 8.42 Å². The number of aliphatic hydroxyl groups excluding tert-OH is 2. The van der Waals surface area contributed by atoms with Crippen molar-refractivity contribution < 1.29 is 23.2 Å². The van der Waals surface area contributed by atoms with Crippen LogP contribution < -0.4 is 0 Å². The van der Waals surface area contributed by atoms with Gasteiger partial charge < -0.3 is 10.2 Å². The molecule has 1 aromatic carbocycles. The van der Waals surface area contributed by atoms with Crippen molar-refractivity contribution in [3.63, 3.8) is 0 Å². The molecule has 3 unspecified atom stereocenters. The zero-order valence-corrected chi connectivity index (χ0v) is 15.4. The van der Waals surface area contributed by atoms with Crippen molar-refractivity contribution in [2.75, 3.05) is 0 Å². The SMILES string of the molecule is CCCCCCCC(O)C(CC(C)O)c1ccccc1S(=O)(=O)O. The highest BCUT2D eigenvalue weighted by atomic mass is 32.2. The molecule has 3 atom stereocenters. The molecule has 0 bridgehead atoms. The number of unbranched alkanes of at least 4 members (excludes halogenated alkanes) is 4. The third kappa shape index (κ3) is 6.89. The lowest BCUT2D eigenvalue weighted by Crippen LogP contribution is -2.24. The van der Waals surface area contributed by atoms with Gasteiger partial charge in [0.1, 0.15) is 0 Å². The molecular weight excluding hydrogens is 328 g/mol. The lowest BCUT2D eigenvalue weighted by molar-refractivity contribution is 0.0916. The standard InChI is InChI=1S/C18H30O5S/c1-3-4-5-6-7-11-17(20)16(13-14(2)19)15-10-8-9-12-18(15)24(21,22)23/h8-10,12,14,16-17,19-20H,3-7,11,13H2,1-2H3,(H,21,22,23). The van der Waals surface area contributed by atoms with Crippen molar-refractivity contribution >= 4 is 10.1 Å². The van der Waals surface area contributed by atoms with Crippen molar-refractivity contribution in [3.05, 3.63) is 29.8 Å². The molecule has 5 nitrogen and oxygen atoms in total. The molecule has 0 aliphatic carbocycles. The molecule has 0 aliphatic heterocycles. The van der Waals surface area contributed by atoms with Gasteiger partial charge in [0.15, 0.2) is 0 Å². The molecule has 0 heterocycles. The quantitative estimate of drug-likeness (QED) is 0.416. The normalized spacial score (nSPS) is 15.9. The maximum atomic E-state index is 11.6. The van der Waals surface area contributed by atoms with Crippen LogP contribution in [0.15, 0.2) is 29.2 Å². The second-order valence-corrected chi connectivity index (χ2v) is 7.86. The van der Waals surface area contributed by atoms with Crippen molar-refractivity contribution in [3.8, 4) is 0 Å². The third-order valence-corrected chi connectivity index (χ3v) is 5.19. The Balaban J connectivity index is 2.93. The van der Waals surface area contributed by atoms with Crippen LogP contribution in [0.2, 0.25) is 0 Å². The second-order valence-electron chi connectivity index (χ2n) is 6.47. The van der Waals surface area contributed by atoms with Gasteiger partial charge in [-0.1, -0.05) is 57.2 Å². The first kappa shape index (κ1) is 21.1. The highest BCUT2D eigenvalue weighted by Gasteiger charge is 2.28. The van der Waals surface area contributed by atoms with Crippen LogP contribution in [0, 0.1) is 0 Å². The van der Waals surface area contributed by atoms with Gasteiger partial charge in [0, 0.05) is 5.92 Å². The van der Waals surface area contributed by atoms with E-state index in [2.05, 4.69) is 6.92 Å². The van der Waals surface area contributed by atoms with Gasteiger partial charge in [-0.3, -0.25) is 4.55 Å². The van der Waals surface area contributed by atoms with Crippen LogP contribution in [0.25, 0.3) is 0 Å². The first-order valence-electron chi connectivity index (χ1n) is 8.69. The molecule has 3 N–H and O–H groups in total. The van der Waals surface area contributed by atoms with Crippen LogP contribution in [0.4, 0.5) is 0 Å². The Morgan fingerprint density at radius 3 is 2.25 bits per heavy atom. The number of benzene rings is 1. The summed E-state index contributed by atoms with van der Waals surface area (Å²) >= 11 is 0. The Labute approximate surface area is 145 Å². The summed E-state index contributed by atoms with van der Waals surface area (Å²) in [5.74, 6) is -0.533. The van der Waals surface area contributed by atoms with Crippen molar-refractivity contribution in [2.24, 2.45) is 0 Å². The second kappa shape index (κ2) is 10.1. The lowest BCUT2D eigenvalue weighted by atomic mass is 9.86. The molecule has 24 heavy (non-hydrogen) atoms. The fourth-order valence-corrected chi connectivity index (χ4v) is 3.81. The van der Waals surface area contributed by atoms with E-state index in [-0.39, 0.29) is 11.3 Å². The fourth-order valence-electron chi connectivity index (χ4n) is 3.04. The van der Waals surface area contributed by atoms with Crippen molar-refractivity contribution in [2.45, 2.75) is 81.8 Å². The van der Waals surface area contributed by atoms with Gasteiger partial charge in [0.25, 0.3) is 10.1 Å². The number of hydrogen-bond donors (Lipinski definition) is 3. The van der Waals surface area contributed by atoms with E-state index in [0.29, 0.717) is 12.0 Å². The number of hydrogen-bond acceptors (Lipinski definition) is 4. The van der Waals surface area contributed by atoms with Gasteiger partial charge in [0.2, 0.25) is 0 Å². The molecule has 6 heteroatoms. The molecule has 0 radical (unpaired) electrons. The van der Waals surface area contributed by atoms with E-state index in [4.69, 9.17) is 0 Å². The zero-order valence-electron chi connectivity index (χ0n) is 14.6. The van der Waals surface area contributed by atoms with E-state index >= 15 is 0 Å². The monoisotopic (exact) mass is 358 g/mol. The van der Waals surface area contributed by atoms with Crippen molar-refractivity contribution in [1.29, 1.82) is 0 Å². The minimum Gasteiger partial charge on any atom is -0.393 e. The molecule has 0 saturated carbocycles. The van der Waals surface area contributed by atoms with Crippen LogP contribution in [0.5, 0.6) is 0 Å². The first-order chi connectivity index (χ1) is 11.3. The van der Waals surface area contributed by atoms with E-state index in [0.717, 1.165) is 25.7 Å². The summed E-state index contributed by atoms with van der Waals surface area (Å²) in [6, 6.07) is 6.13. The Kier molecular flexibility index (Phi) is 8.91. The van der Waals surface area contributed by atoms with E-state index < -0.39 is 28.2 Å². The topological polar surface area (TPSA) is 94.8 Å². The Hall–Kier alpha value is -0.950. The maximum Gasteiger partial charge on any atom is 0.294 e. The largest absolute Gasteiger partial charge is 0.393 e. The van der Waals surface area contributed by atoms with Gasteiger partial charge in [0.05, 0.1) is 17.1 Å². The smallest absolute Gasteiger partial charge is 0.294 e.